The molecule has 1 aliphatic heterocycles. The fourth-order valence-corrected chi connectivity index (χ4v) is 6.45. The summed E-state index contributed by atoms with van der Waals surface area (Å²) in [4.78, 5) is 4.85. The van der Waals surface area contributed by atoms with Crippen LogP contribution >= 0.6 is 0 Å². The zero-order valence-electron chi connectivity index (χ0n) is 20.9. The predicted octanol–water partition coefficient (Wildman–Crippen LogP) is 8.64. The lowest BCUT2D eigenvalue weighted by atomic mass is 9.65. The molecule has 0 fully saturated rings. The molecule has 0 aromatic heterocycles. The van der Waals surface area contributed by atoms with E-state index in [0.717, 1.165) is 0 Å². The van der Waals surface area contributed by atoms with Gasteiger partial charge in [-0.25, -0.2) is 0 Å². The summed E-state index contributed by atoms with van der Waals surface area (Å²) in [6.07, 6.45) is 22.4. The van der Waals surface area contributed by atoms with Gasteiger partial charge >= 0.3 is 0 Å². The summed E-state index contributed by atoms with van der Waals surface area (Å²) in [6.45, 7) is 0. The van der Waals surface area contributed by atoms with E-state index < -0.39 is 0 Å². The van der Waals surface area contributed by atoms with E-state index >= 15 is 0 Å². The van der Waals surface area contributed by atoms with Crippen molar-refractivity contribution in [2.45, 2.75) is 6.04 Å². The highest BCUT2D eigenvalue weighted by atomic mass is 14.8. The lowest BCUT2D eigenvalue weighted by Crippen LogP contribution is -2.29. The van der Waals surface area contributed by atoms with Crippen molar-refractivity contribution in [3.8, 4) is 22.3 Å². The van der Waals surface area contributed by atoms with Crippen LogP contribution < -0.4 is 0 Å². The van der Waals surface area contributed by atoms with Crippen LogP contribution in [0.5, 0.6) is 0 Å². The third kappa shape index (κ3) is 3.29. The van der Waals surface area contributed by atoms with Gasteiger partial charge in [-0.3, -0.25) is 4.99 Å². The molecule has 0 saturated carbocycles. The molecule has 0 amide bonds. The van der Waals surface area contributed by atoms with Crippen LogP contribution in [0.4, 0.5) is 0 Å². The maximum absolute atomic E-state index is 4.85. The highest BCUT2D eigenvalue weighted by molar-refractivity contribution is 5.90. The van der Waals surface area contributed by atoms with E-state index in [-0.39, 0.29) is 12.0 Å². The molecule has 4 aliphatic carbocycles. The standard InChI is InChI=1S/C37H25N/c1-3-8-24(9-4-1)29-21-30(25-10-5-2-6-11-25)23-31(22-29)32-16-13-26-14-18-34-36-27(15-17-33(32)35(26)36)20-28-12-7-19-38-37(28)34/h1-23,35,37H. The van der Waals surface area contributed by atoms with Gasteiger partial charge in [0, 0.05) is 12.1 Å². The van der Waals surface area contributed by atoms with Crippen molar-refractivity contribution in [1.82, 2.24) is 0 Å². The van der Waals surface area contributed by atoms with Crippen LogP contribution in [0.3, 0.4) is 0 Å². The molecule has 8 rings (SSSR count). The van der Waals surface area contributed by atoms with Crippen LogP contribution in [0.15, 0.2) is 172 Å². The molecule has 2 atom stereocenters. The Bertz CT molecular complexity index is 1720. The number of hydrogen-bond acceptors (Lipinski definition) is 1. The van der Waals surface area contributed by atoms with Gasteiger partial charge in [0.25, 0.3) is 0 Å². The molecular formula is C37H25N. The first-order valence-electron chi connectivity index (χ1n) is 13.3. The molecule has 3 aromatic carbocycles. The van der Waals surface area contributed by atoms with E-state index in [1.807, 2.05) is 12.3 Å². The Morgan fingerprint density at radius 1 is 0.579 bits per heavy atom. The number of benzene rings is 3. The van der Waals surface area contributed by atoms with Gasteiger partial charge in [0.05, 0.1) is 0 Å². The topological polar surface area (TPSA) is 12.4 Å². The summed E-state index contributed by atoms with van der Waals surface area (Å²) in [6, 6.07) is 28.6. The molecule has 1 nitrogen and oxygen atoms in total. The highest BCUT2D eigenvalue weighted by Crippen LogP contribution is 2.51. The second-order valence-corrected chi connectivity index (χ2v) is 10.4. The van der Waals surface area contributed by atoms with Crippen LogP contribution in [0.2, 0.25) is 0 Å². The first-order chi connectivity index (χ1) is 18.8. The van der Waals surface area contributed by atoms with Crippen LogP contribution in [0.1, 0.15) is 5.56 Å². The molecular weight excluding hydrogens is 458 g/mol. The highest BCUT2D eigenvalue weighted by Gasteiger charge is 2.38. The van der Waals surface area contributed by atoms with Crippen LogP contribution in [0.25, 0.3) is 27.8 Å². The van der Waals surface area contributed by atoms with Crippen molar-refractivity contribution in [2.24, 2.45) is 10.9 Å². The molecule has 1 heteroatoms. The normalized spacial score (nSPS) is 22.1. The van der Waals surface area contributed by atoms with Gasteiger partial charge in [-0.2, -0.15) is 0 Å². The molecule has 0 spiro atoms. The Kier molecular flexibility index (Phi) is 4.72. The Morgan fingerprint density at radius 3 is 2.03 bits per heavy atom. The average molecular weight is 484 g/mol. The Balaban J connectivity index is 1.32. The summed E-state index contributed by atoms with van der Waals surface area (Å²) in [5, 5.41) is 0. The fraction of sp³-hybridized carbons (Fsp3) is 0.0541. The first-order valence-corrected chi connectivity index (χ1v) is 13.3. The van der Waals surface area contributed by atoms with E-state index in [0.29, 0.717) is 0 Å². The molecule has 178 valence electrons. The third-order valence-corrected chi connectivity index (χ3v) is 8.21. The maximum Gasteiger partial charge on any atom is 0.100 e. The van der Waals surface area contributed by atoms with Crippen molar-refractivity contribution in [3.05, 3.63) is 173 Å². The summed E-state index contributed by atoms with van der Waals surface area (Å²) in [5.74, 6) is 0.245. The second-order valence-electron chi connectivity index (χ2n) is 10.4. The largest absolute Gasteiger partial charge is 0.280 e. The molecule has 38 heavy (non-hydrogen) atoms. The summed E-state index contributed by atoms with van der Waals surface area (Å²) < 4.78 is 0. The van der Waals surface area contributed by atoms with Gasteiger partial charge in [-0.05, 0) is 97.2 Å². The number of dihydropyridines is 1. The Hall–Kier alpha value is -4.75. The molecule has 3 aromatic rings. The minimum absolute atomic E-state index is 0.102. The van der Waals surface area contributed by atoms with Gasteiger partial charge in [0.1, 0.15) is 6.04 Å². The van der Waals surface area contributed by atoms with E-state index in [1.54, 1.807) is 0 Å². The smallest absolute Gasteiger partial charge is 0.100 e. The summed E-state index contributed by atoms with van der Waals surface area (Å²) in [5.41, 5.74) is 15.6. The minimum Gasteiger partial charge on any atom is -0.280 e. The summed E-state index contributed by atoms with van der Waals surface area (Å²) in [7, 11) is 0. The SMILES string of the molecule is C1=CC2=CC3=C4C(=CC=C5C=CC(c6cc(-c7ccccc7)cc(-c7ccccc7)c6)=C(C=C3)C54)C2N=C1. The van der Waals surface area contributed by atoms with Crippen molar-refractivity contribution < 1.29 is 0 Å². The number of fused-ring (bicyclic) bond motifs is 2. The molecule has 5 aliphatic rings. The quantitative estimate of drug-likeness (QED) is 0.353. The van der Waals surface area contributed by atoms with Gasteiger partial charge in [0.2, 0.25) is 0 Å². The van der Waals surface area contributed by atoms with Crippen molar-refractivity contribution in [1.29, 1.82) is 0 Å². The number of nitrogens with zero attached hydrogens (tertiary/aromatic N) is 1. The average Bonchev–Trinajstić information content (AvgIpc) is 3.00. The number of aliphatic imine (C=N–C) groups is 1. The predicted molar refractivity (Wildman–Crippen MR) is 159 cm³/mol. The van der Waals surface area contributed by atoms with Crippen LogP contribution in [-0.4, -0.2) is 12.3 Å². The number of allylic oxidation sites excluding steroid dienone is 12. The molecule has 0 saturated heterocycles. The number of rotatable bonds is 3. The fourth-order valence-electron chi connectivity index (χ4n) is 6.45. The van der Waals surface area contributed by atoms with Crippen molar-refractivity contribution in [2.75, 3.05) is 0 Å². The summed E-state index contributed by atoms with van der Waals surface area (Å²) >= 11 is 0. The van der Waals surface area contributed by atoms with Gasteiger partial charge < -0.3 is 0 Å². The van der Waals surface area contributed by atoms with E-state index in [1.165, 1.54) is 66.8 Å². The second kappa shape index (κ2) is 8.39. The molecule has 2 unspecified atom stereocenters. The first kappa shape index (κ1) is 21.3. The molecule has 0 radical (unpaired) electrons. The monoisotopic (exact) mass is 483 g/mol. The van der Waals surface area contributed by atoms with Crippen molar-refractivity contribution >= 4 is 11.8 Å². The minimum atomic E-state index is 0.102. The lowest BCUT2D eigenvalue weighted by Gasteiger charge is -2.39. The third-order valence-electron chi connectivity index (χ3n) is 8.21. The van der Waals surface area contributed by atoms with Crippen LogP contribution in [-0.2, 0) is 0 Å². The Labute approximate surface area is 223 Å². The van der Waals surface area contributed by atoms with Crippen LogP contribution in [0, 0.1) is 5.92 Å². The molecule has 1 heterocycles. The lowest BCUT2D eigenvalue weighted by molar-refractivity contribution is 0.786. The van der Waals surface area contributed by atoms with E-state index in [2.05, 4.69) is 127 Å². The van der Waals surface area contributed by atoms with Gasteiger partial charge in [-0.1, -0.05) is 103 Å². The molecule has 0 N–H and O–H groups in total. The Morgan fingerprint density at radius 2 is 1.29 bits per heavy atom. The zero-order chi connectivity index (χ0) is 25.1. The van der Waals surface area contributed by atoms with Gasteiger partial charge in [0.15, 0.2) is 0 Å². The maximum atomic E-state index is 4.85. The zero-order valence-corrected chi connectivity index (χ0v) is 20.9. The van der Waals surface area contributed by atoms with Crippen molar-refractivity contribution in [3.63, 3.8) is 0 Å². The number of hydrogen-bond donors (Lipinski definition) is 0. The van der Waals surface area contributed by atoms with E-state index in [4.69, 9.17) is 4.99 Å². The van der Waals surface area contributed by atoms with E-state index in [9.17, 15) is 0 Å². The molecule has 0 bridgehead atoms. The van der Waals surface area contributed by atoms with Gasteiger partial charge in [-0.15, -0.1) is 0 Å².